The van der Waals surface area contributed by atoms with E-state index in [0.29, 0.717) is 36.9 Å². The molecule has 0 fully saturated rings. The summed E-state index contributed by atoms with van der Waals surface area (Å²) in [6.45, 7) is 1.19. The quantitative estimate of drug-likeness (QED) is 0.417. The standard InChI is InChI=1S/C25H27N9O2/c35-23(34-8-7-20-21(13-34)30-33-29-20)11-22-31-32-24(36-22)17-5-6-19-18(17)12-26-25(28-19)27-16-9-14-3-1-2-4-15(14)10-16/h1-4,12,16-17,29-30,33H,5-11,13H2,(H,26,27,28)/t17-/m1/s1. The number of rotatable bonds is 5. The predicted molar refractivity (Wildman–Crippen MR) is 129 cm³/mol. The molecule has 184 valence electrons. The molecule has 3 aromatic rings. The molecule has 0 bridgehead atoms. The van der Waals surface area contributed by atoms with E-state index < -0.39 is 0 Å². The number of hydrazine groups is 2. The minimum atomic E-state index is -0.0383. The second kappa shape index (κ2) is 8.59. The summed E-state index contributed by atoms with van der Waals surface area (Å²) in [5.74, 6) is 1.49. The van der Waals surface area contributed by atoms with Gasteiger partial charge in [-0.15, -0.1) is 10.2 Å². The van der Waals surface area contributed by atoms with Gasteiger partial charge in [0.25, 0.3) is 0 Å². The van der Waals surface area contributed by atoms with Crippen molar-refractivity contribution in [1.29, 1.82) is 0 Å². The molecule has 0 saturated carbocycles. The van der Waals surface area contributed by atoms with Crippen LogP contribution >= 0.6 is 0 Å². The van der Waals surface area contributed by atoms with Crippen LogP contribution in [0, 0.1) is 0 Å². The fraction of sp³-hybridized carbons (Fsp3) is 0.400. The summed E-state index contributed by atoms with van der Waals surface area (Å²) in [7, 11) is 0. The zero-order valence-electron chi connectivity index (χ0n) is 19.8. The number of hydrogen-bond acceptors (Lipinski definition) is 10. The monoisotopic (exact) mass is 485 g/mol. The van der Waals surface area contributed by atoms with E-state index >= 15 is 0 Å². The number of nitrogens with one attached hydrogen (secondary N) is 4. The summed E-state index contributed by atoms with van der Waals surface area (Å²) in [4.78, 5) is 24.0. The van der Waals surface area contributed by atoms with Crippen LogP contribution in [0.15, 0.2) is 46.3 Å². The zero-order chi connectivity index (χ0) is 24.1. The van der Waals surface area contributed by atoms with Crippen molar-refractivity contribution in [3.8, 4) is 0 Å². The van der Waals surface area contributed by atoms with Crippen molar-refractivity contribution < 1.29 is 9.21 Å². The SMILES string of the molecule is O=C(Cc1nnc([C@@H]2CCc3nc(NC4Cc5ccccc5C4)ncc32)o1)N1CCC2=C(C1)NNN2. The largest absolute Gasteiger partial charge is 0.424 e. The van der Waals surface area contributed by atoms with Crippen LogP contribution in [0.25, 0.3) is 0 Å². The third-order valence-electron chi connectivity index (χ3n) is 7.54. The van der Waals surface area contributed by atoms with Gasteiger partial charge >= 0.3 is 0 Å². The van der Waals surface area contributed by atoms with Crippen LogP contribution in [-0.2, 0) is 30.5 Å². The molecule has 11 nitrogen and oxygen atoms in total. The number of amides is 1. The normalized spacial score (nSPS) is 20.6. The number of nitrogens with zero attached hydrogens (tertiary/aromatic N) is 5. The van der Waals surface area contributed by atoms with Crippen LogP contribution in [0.1, 0.15) is 52.9 Å². The van der Waals surface area contributed by atoms with Crippen molar-refractivity contribution in [3.05, 3.63) is 76.0 Å². The number of fused-ring (bicyclic) bond motifs is 2. The lowest BCUT2D eigenvalue weighted by Gasteiger charge is -2.26. The van der Waals surface area contributed by atoms with E-state index in [1.807, 2.05) is 6.20 Å². The third-order valence-corrected chi connectivity index (χ3v) is 7.54. The Hall–Kier alpha value is -3.99. The molecular weight excluding hydrogens is 458 g/mol. The molecule has 2 aliphatic carbocycles. The fourth-order valence-electron chi connectivity index (χ4n) is 5.65. The number of carbonyl (C=O) groups excluding carboxylic acids is 1. The summed E-state index contributed by atoms with van der Waals surface area (Å²) in [5, 5.41) is 12.0. The van der Waals surface area contributed by atoms with E-state index in [1.165, 1.54) is 11.1 Å². The highest BCUT2D eigenvalue weighted by Crippen LogP contribution is 2.37. The first-order valence-electron chi connectivity index (χ1n) is 12.5. The Balaban J connectivity index is 0.999. The van der Waals surface area contributed by atoms with Crippen molar-refractivity contribution in [1.82, 2.24) is 41.5 Å². The molecule has 7 rings (SSSR count). The second-order valence-corrected chi connectivity index (χ2v) is 9.81. The molecule has 0 saturated heterocycles. The van der Waals surface area contributed by atoms with E-state index in [9.17, 15) is 4.79 Å². The Labute approximate surface area is 207 Å². The maximum atomic E-state index is 12.8. The molecule has 36 heavy (non-hydrogen) atoms. The van der Waals surface area contributed by atoms with E-state index in [4.69, 9.17) is 9.40 Å². The van der Waals surface area contributed by atoms with Gasteiger partial charge in [0, 0.05) is 36.5 Å². The average molecular weight is 486 g/mol. The topological polar surface area (TPSA) is 133 Å². The van der Waals surface area contributed by atoms with Gasteiger partial charge in [-0.2, -0.15) is 5.53 Å². The lowest BCUT2D eigenvalue weighted by molar-refractivity contribution is -0.130. The molecule has 0 spiro atoms. The molecule has 11 heteroatoms. The molecule has 4 aliphatic rings. The van der Waals surface area contributed by atoms with Crippen LogP contribution in [0.3, 0.4) is 0 Å². The van der Waals surface area contributed by atoms with Crippen LogP contribution < -0.4 is 21.7 Å². The van der Waals surface area contributed by atoms with Crippen molar-refractivity contribution >= 4 is 11.9 Å². The van der Waals surface area contributed by atoms with Crippen LogP contribution in [0.4, 0.5) is 5.95 Å². The van der Waals surface area contributed by atoms with Gasteiger partial charge in [-0.3, -0.25) is 4.79 Å². The summed E-state index contributed by atoms with van der Waals surface area (Å²) in [5.41, 5.74) is 15.9. The number of hydrogen-bond donors (Lipinski definition) is 4. The summed E-state index contributed by atoms with van der Waals surface area (Å²) >= 11 is 0. The Morgan fingerprint density at radius 1 is 1.11 bits per heavy atom. The summed E-state index contributed by atoms with van der Waals surface area (Å²) in [6, 6.07) is 8.89. The molecule has 4 heterocycles. The van der Waals surface area contributed by atoms with E-state index in [0.717, 1.165) is 54.8 Å². The highest BCUT2D eigenvalue weighted by Gasteiger charge is 2.32. The van der Waals surface area contributed by atoms with Gasteiger partial charge in [0.1, 0.15) is 6.42 Å². The number of carbonyl (C=O) groups is 1. The second-order valence-electron chi connectivity index (χ2n) is 9.81. The van der Waals surface area contributed by atoms with Crippen molar-refractivity contribution in [2.45, 2.75) is 50.5 Å². The molecule has 0 radical (unpaired) electrons. The van der Waals surface area contributed by atoms with Gasteiger partial charge in [-0.05, 0) is 36.8 Å². The van der Waals surface area contributed by atoms with Gasteiger partial charge in [-0.25, -0.2) is 9.97 Å². The number of anilines is 1. The Kier molecular flexibility index (Phi) is 5.09. The maximum Gasteiger partial charge on any atom is 0.232 e. The fourth-order valence-corrected chi connectivity index (χ4v) is 5.65. The first-order valence-corrected chi connectivity index (χ1v) is 12.5. The smallest absolute Gasteiger partial charge is 0.232 e. The number of aryl methyl sites for hydroxylation is 1. The van der Waals surface area contributed by atoms with Crippen LogP contribution in [0.5, 0.6) is 0 Å². The zero-order valence-corrected chi connectivity index (χ0v) is 19.8. The number of aromatic nitrogens is 4. The number of benzene rings is 1. The molecule has 0 unspecified atom stereocenters. The summed E-state index contributed by atoms with van der Waals surface area (Å²) in [6.07, 6.45) is 6.41. The van der Waals surface area contributed by atoms with Gasteiger partial charge in [0.05, 0.1) is 23.9 Å². The highest BCUT2D eigenvalue weighted by atomic mass is 16.4. The van der Waals surface area contributed by atoms with E-state index in [2.05, 4.69) is 61.1 Å². The Morgan fingerprint density at radius 3 is 2.81 bits per heavy atom. The van der Waals surface area contributed by atoms with Crippen molar-refractivity contribution in [3.63, 3.8) is 0 Å². The average Bonchev–Trinajstić information content (AvgIpc) is 3.68. The molecule has 4 N–H and O–H groups in total. The minimum Gasteiger partial charge on any atom is -0.424 e. The first-order chi connectivity index (χ1) is 17.7. The predicted octanol–water partition coefficient (Wildman–Crippen LogP) is 1.12. The van der Waals surface area contributed by atoms with E-state index in [-0.39, 0.29) is 18.2 Å². The molecule has 1 amide bonds. The lowest BCUT2D eigenvalue weighted by Crippen LogP contribution is -2.40. The minimum absolute atomic E-state index is 0.0228. The van der Waals surface area contributed by atoms with Gasteiger partial charge in [0.15, 0.2) is 0 Å². The maximum absolute atomic E-state index is 12.8. The molecule has 1 atom stereocenters. The molecule has 2 aliphatic heterocycles. The Morgan fingerprint density at radius 2 is 1.94 bits per heavy atom. The molecule has 2 aromatic heterocycles. The first kappa shape index (κ1) is 21.3. The lowest BCUT2D eigenvalue weighted by atomic mass is 10.0. The van der Waals surface area contributed by atoms with Crippen LogP contribution in [0.2, 0.25) is 0 Å². The van der Waals surface area contributed by atoms with Crippen molar-refractivity contribution in [2.24, 2.45) is 0 Å². The van der Waals surface area contributed by atoms with Gasteiger partial charge in [-0.1, -0.05) is 24.3 Å². The Bertz CT molecular complexity index is 1340. The van der Waals surface area contributed by atoms with Gasteiger partial charge in [0.2, 0.25) is 23.6 Å². The van der Waals surface area contributed by atoms with E-state index in [1.54, 1.807) is 4.90 Å². The molecular formula is C25H27N9O2. The highest BCUT2D eigenvalue weighted by molar-refractivity contribution is 5.78. The van der Waals surface area contributed by atoms with Crippen LogP contribution in [-0.4, -0.2) is 50.1 Å². The summed E-state index contributed by atoms with van der Waals surface area (Å²) < 4.78 is 5.95. The van der Waals surface area contributed by atoms with Gasteiger partial charge < -0.3 is 25.5 Å². The third kappa shape index (κ3) is 3.85. The molecule has 1 aromatic carbocycles. The van der Waals surface area contributed by atoms with Crippen molar-refractivity contribution in [2.75, 3.05) is 18.4 Å².